The molecule has 8 rings (SSSR count). The molecule has 4 saturated heterocycles. The Bertz CT molecular complexity index is 2140. The van der Waals surface area contributed by atoms with Crippen LogP contribution >= 0.6 is 0 Å². The van der Waals surface area contributed by atoms with Gasteiger partial charge in [0, 0.05) is 60.4 Å². The van der Waals surface area contributed by atoms with Crippen LogP contribution < -0.4 is 40.2 Å². The number of ether oxygens (including phenoxy) is 4. The molecule has 4 aromatic rings. The van der Waals surface area contributed by atoms with Gasteiger partial charge in [-0.1, -0.05) is 121 Å². The lowest BCUT2D eigenvalue weighted by Gasteiger charge is -2.20. The molecule has 69 heavy (non-hydrogen) atoms. The molecule has 4 heterocycles. The van der Waals surface area contributed by atoms with Crippen LogP contribution in [-0.4, -0.2) is 139 Å². The molecule has 4 N–H and O–H groups in total. The molecule has 0 saturated carbocycles. The maximum Gasteiger partial charge on any atom is 0.317 e. The molecule has 4 fully saturated rings. The van der Waals surface area contributed by atoms with E-state index in [1.165, 1.54) is 11.1 Å². The summed E-state index contributed by atoms with van der Waals surface area (Å²) in [6.45, 7) is 19.4. The van der Waals surface area contributed by atoms with Gasteiger partial charge < -0.3 is 59.8 Å². The first-order valence-electron chi connectivity index (χ1n) is 23.7. The summed E-state index contributed by atoms with van der Waals surface area (Å²) in [7, 11) is 14.2. The zero-order valence-electron chi connectivity index (χ0n) is 42.9. The molecule has 14 heteroatoms. The maximum atomic E-state index is 11.4. The molecular formula is C55H84N8O6. The second-order valence-corrected chi connectivity index (χ2v) is 16.4. The van der Waals surface area contributed by atoms with Gasteiger partial charge in [0.05, 0.1) is 58.2 Å². The standard InChI is InChI=1S/2C13H18N2O3.2C12H16N2.2C2H6.CH4/c1-15-8-10(14-13(15)16)6-9-4-5-11(17-2)12(7-9)18-3;1-15-10(8-14-13(15)16)6-9-4-5-11(17-2)12(7-9)18-3;1-10-13-12(9-14(10)2)8-11-6-4-3-5-7-11;1-10-13-9-12(14(10)2)8-11-6-4-3-5-7-11;2*1-2;/h2*4-5,7,10H,6,8H2,1-3H3,(H,14,16);2*3-7,12-13H,1,8-9H2,2H3;2*1-2H3;1H4. The second kappa shape index (κ2) is 30.6. The fourth-order valence-electron chi connectivity index (χ4n) is 7.93. The van der Waals surface area contributed by atoms with E-state index < -0.39 is 0 Å². The molecule has 4 atom stereocenters. The molecule has 4 amide bonds. The number of nitrogens with zero attached hydrogens (tertiary/aromatic N) is 4. The second-order valence-electron chi connectivity index (χ2n) is 16.4. The van der Waals surface area contributed by atoms with Crippen molar-refractivity contribution in [3.63, 3.8) is 0 Å². The van der Waals surface area contributed by atoms with Crippen LogP contribution in [0.15, 0.2) is 122 Å². The number of rotatable bonds is 12. The first-order chi connectivity index (χ1) is 32.8. The van der Waals surface area contributed by atoms with E-state index in [0.717, 1.165) is 79.6 Å². The van der Waals surface area contributed by atoms with Gasteiger partial charge in [-0.05, 0) is 72.2 Å². The van der Waals surface area contributed by atoms with Crippen LogP contribution in [0.1, 0.15) is 57.4 Å². The zero-order chi connectivity index (χ0) is 50.2. The van der Waals surface area contributed by atoms with Crippen molar-refractivity contribution in [3.05, 3.63) is 144 Å². The van der Waals surface area contributed by atoms with Crippen molar-refractivity contribution < 1.29 is 28.5 Å². The van der Waals surface area contributed by atoms with Crippen LogP contribution in [0.25, 0.3) is 0 Å². The van der Waals surface area contributed by atoms with E-state index in [4.69, 9.17) is 18.9 Å². The van der Waals surface area contributed by atoms with Crippen molar-refractivity contribution in [1.82, 2.24) is 40.9 Å². The van der Waals surface area contributed by atoms with Gasteiger partial charge in [0.15, 0.2) is 23.0 Å². The fraction of sp³-hybridized carbons (Fsp3) is 0.455. The van der Waals surface area contributed by atoms with Gasteiger partial charge in [-0.3, -0.25) is 0 Å². The summed E-state index contributed by atoms with van der Waals surface area (Å²) in [5.41, 5.74) is 5.02. The summed E-state index contributed by atoms with van der Waals surface area (Å²) in [5, 5.41) is 12.4. The monoisotopic (exact) mass is 953 g/mol. The van der Waals surface area contributed by atoms with E-state index >= 15 is 0 Å². The molecule has 4 unspecified atom stereocenters. The first-order valence-corrected chi connectivity index (χ1v) is 23.7. The number of nitrogens with one attached hydrogen (secondary N) is 4. The largest absolute Gasteiger partial charge is 0.493 e. The molecule has 0 radical (unpaired) electrons. The van der Waals surface area contributed by atoms with Crippen LogP contribution in [0.3, 0.4) is 0 Å². The van der Waals surface area contributed by atoms with E-state index in [9.17, 15) is 9.59 Å². The van der Waals surface area contributed by atoms with Crippen LogP contribution in [-0.2, 0) is 25.7 Å². The van der Waals surface area contributed by atoms with Crippen LogP contribution in [0.2, 0.25) is 0 Å². The molecule has 4 aliphatic rings. The summed E-state index contributed by atoms with van der Waals surface area (Å²) in [6, 6.07) is 34.2. The highest BCUT2D eigenvalue weighted by molar-refractivity contribution is 5.77. The van der Waals surface area contributed by atoms with E-state index in [1.54, 1.807) is 45.3 Å². The van der Waals surface area contributed by atoms with E-state index in [0.29, 0.717) is 30.1 Å². The van der Waals surface area contributed by atoms with Gasteiger partial charge in [-0.2, -0.15) is 0 Å². The number of carbonyl (C=O) groups is 2. The number of hydrogen-bond acceptors (Lipinski definition) is 10. The smallest absolute Gasteiger partial charge is 0.317 e. The summed E-state index contributed by atoms with van der Waals surface area (Å²) in [5.74, 6) is 4.93. The minimum absolute atomic E-state index is 0. The first kappa shape index (κ1) is 58.4. The third kappa shape index (κ3) is 18.0. The quantitative estimate of drug-likeness (QED) is 0.110. The molecular weight excluding hydrogens is 869 g/mol. The minimum atomic E-state index is -0.0134. The average molecular weight is 953 g/mol. The molecule has 4 aliphatic heterocycles. The van der Waals surface area contributed by atoms with Gasteiger partial charge in [0.2, 0.25) is 0 Å². The number of methoxy groups -OCH3 is 4. The Hall–Kier alpha value is -6.70. The number of carbonyl (C=O) groups excluding carboxylic acids is 2. The molecule has 14 nitrogen and oxygen atoms in total. The lowest BCUT2D eigenvalue weighted by molar-refractivity contribution is 0.216. The number of benzene rings is 4. The predicted molar refractivity (Wildman–Crippen MR) is 284 cm³/mol. The van der Waals surface area contributed by atoms with Gasteiger partial charge >= 0.3 is 12.1 Å². The highest BCUT2D eigenvalue weighted by Gasteiger charge is 2.28. The van der Waals surface area contributed by atoms with E-state index in [2.05, 4.69) is 119 Å². The third-order valence-electron chi connectivity index (χ3n) is 11.9. The van der Waals surface area contributed by atoms with Gasteiger partial charge in [-0.25, -0.2) is 9.59 Å². The van der Waals surface area contributed by atoms with Gasteiger partial charge in [0.1, 0.15) is 0 Å². The minimum Gasteiger partial charge on any atom is -0.493 e. The topological polar surface area (TPSA) is 132 Å². The molecule has 380 valence electrons. The number of urea groups is 2. The summed E-state index contributed by atoms with van der Waals surface area (Å²) < 4.78 is 20.9. The molecule has 0 aliphatic carbocycles. The summed E-state index contributed by atoms with van der Waals surface area (Å²) in [4.78, 5) is 30.5. The molecule has 0 aromatic heterocycles. The van der Waals surface area contributed by atoms with Crippen LogP contribution in [0.5, 0.6) is 23.0 Å². The normalized spacial score (nSPS) is 18.5. The highest BCUT2D eigenvalue weighted by Crippen LogP contribution is 2.29. The summed E-state index contributed by atoms with van der Waals surface area (Å²) in [6.07, 6.45) is 3.75. The van der Waals surface area contributed by atoms with Gasteiger partial charge in [0.25, 0.3) is 0 Å². The molecule has 4 aromatic carbocycles. The van der Waals surface area contributed by atoms with Crippen LogP contribution in [0.4, 0.5) is 9.59 Å². The zero-order valence-corrected chi connectivity index (χ0v) is 42.9. The van der Waals surface area contributed by atoms with Crippen molar-refractivity contribution in [1.29, 1.82) is 0 Å². The Balaban J connectivity index is 0.000000308. The lowest BCUT2D eigenvalue weighted by Crippen LogP contribution is -2.31. The van der Waals surface area contributed by atoms with Crippen molar-refractivity contribution in [2.75, 3.05) is 82.8 Å². The molecule has 0 bridgehead atoms. The maximum absolute atomic E-state index is 11.4. The average Bonchev–Trinajstić information content (AvgIpc) is 4.08. The van der Waals surface area contributed by atoms with Crippen molar-refractivity contribution in [3.8, 4) is 23.0 Å². The predicted octanol–water partition coefficient (Wildman–Crippen LogP) is 8.44. The fourth-order valence-corrected chi connectivity index (χ4v) is 7.93. The Morgan fingerprint density at radius 2 is 0.913 bits per heavy atom. The number of amides is 4. The number of likely N-dealkylation sites (N-methyl/N-ethyl adjacent to an activating group) is 4. The number of hydrogen-bond donors (Lipinski definition) is 4. The Morgan fingerprint density at radius 1 is 0.493 bits per heavy atom. The van der Waals surface area contributed by atoms with Crippen molar-refractivity contribution in [2.45, 2.75) is 85.0 Å². The van der Waals surface area contributed by atoms with Crippen molar-refractivity contribution >= 4 is 12.1 Å². The molecule has 0 spiro atoms. The third-order valence-corrected chi connectivity index (χ3v) is 11.9. The van der Waals surface area contributed by atoms with E-state index in [1.807, 2.05) is 71.1 Å². The van der Waals surface area contributed by atoms with Crippen molar-refractivity contribution in [2.24, 2.45) is 0 Å². The Kier molecular flexibility index (Phi) is 25.9. The Morgan fingerprint density at radius 3 is 1.32 bits per heavy atom. The Labute approximate surface area is 415 Å². The highest BCUT2D eigenvalue weighted by atomic mass is 16.5. The SMILES string of the molecule is C.C=C1NC(Cc2ccccc2)CN1C.C=C1NCC(Cc2ccccc2)N1C.CC.CC.COc1ccc(CC2CN(C)C(=O)N2)cc1OC.COc1ccc(CC2CNC(=O)N2C)cc1OC. The summed E-state index contributed by atoms with van der Waals surface area (Å²) >= 11 is 0. The van der Waals surface area contributed by atoms with Crippen LogP contribution in [0, 0.1) is 0 Å². The van der Waals surface area contributed by atoms with Gasteiger partial charge in [-0.15, -0.1) is 0 Å². The lowest BCUT2D eigenvalue weighted by atomic mass is 10.1. The van der Waals surface area contributed by atoms with E-state index in [-0.39, 0.29) is 31.6 Å².